The van der Waals surface area contributed by atoms with Gasteiger partial charge in [-0.25, -0.2) is 8.42 Å². The predicted octanol–water partition coefficient (Wildman–Crippen LogP) is 1.39. The van der Waals surface area contributed by atoms with Crippen molar-refractivity contribution in [3.63, 3.8) is 0 Å². The van der Waals surface area contributed by atoms with Gasteiger partial charge in [0.25, 0.3) is 0 Å². The monoisotopic (exact) mass is 368 g/mol. The maximum absolute atomic E-state index is 13.0. The first-order chi connectivity index (χ1) is 11.8. The molecule has 0 aromatic carbocycles. The van der Waals surface area contributed by atoms with Gasteiger partial charge in [0.15, 0.2) is 0 Å². The average molecular weight is 369 g/mol. The summed E-state index contributed by atoms with van der Waals surface area (Å²) in [6.07, 6.45) is 4.97. The number of hydrogen-bond donors (Lipinski definition) is 0. The van der Waals surface area contributed by atoms with Gasteiger partial charge in [0, 0.05) is 33.2 Å². The Morgan fingerprint density at radius 3 is 2.48 bits per heavy atom. The minimum atomic E-state index is -3.60. The van der Waals surface area contributed by atoms with Crippen LogP contribution in [0.3, 0.4) is 0 Å². The first-order valence-electron chi connectivity index (χ1n) is 9.08. The van der Waals surface area contributed by atoms with E-state index < -0.39 is 10.0 Å². The third kappa shape index (κ3) is 3.60. The van der Waals surface area contributed by atoms with E-state index in [1.54, 1.807) is 18.7 Å². The normalized spacial score (nSPS) is 23.8. The van der Waals surface area contributed by atoms with Crippen molar-refractivity contribution in [1.82, 2.24) is 19.0 Å². The van der Waals surface area contributed by atoms with E-state index in [4.69, 9.17) is 0 Å². The molecule has 1 aromatic heterocycles. The second-order valence-electron chi connectivity index (χ2n) is 7.43. The van der Waals surface area contributed by atoms with Crippen LogP contribution >= 0.6 is 0 Å². The molecule has 1 unspecified atom stereocenters. The molecule has 1 atom stereocenters. The van der Waals surface area contributed by atoms with Crippen molar-refractivity contribution in [3.8, 4) is 0 Å². The molecule has 1 amide bonds. The Morgan fingerprint density at radius 2 is 1.88 bits per heavy atom. The first kappa shape index (κ1) is 18.4. The van der Waals surface area contributed by atoms with E-state index >= 15 is 0 Å². The number of rotatable bonds is 3. The molecule has 0 aliphatic carbocycles. The maximum Gasteiger partial charge on any atom is 0.246 e. The SMILES string of the molecule is Cc1c(S(=O)(=O)N2CCCC(C(=O)N3CCC(C)CC3)C2)cnn1C. The molecule has 0 bridgehead atoms. The molecule has 25 heavy (non-hydrogen) atoms. The van der Waals surface area contributed by atoms with Gasteiger partial charge in [-0.15, -0.1) is 0 Å². The molecule has 3 rings (SSSR count). The van der Waals surface area contributed by atoms with Crippen LogP contribution in [0.5, 0.6) is 0 Å². The largest absolute Gasteiger partial charge is 0.342 e. The van der Waals surface area contributed by atoms with Crippen molar-refractivity contribution in [2.24, 2.45) is 18.9 Å². The summed E-state index contributed by atoms with van der Waals surface area (Å²) in [7, 11) is -1.87. The lowest BCUT2D eigenvalue weighted by atomic mass is 9.94. The minimum Gasteiger partial charge on any atom is -0.342 e. The molecule has 2 saturated heterocycles. The number of hydrogen-bond acceptors (Lipinski definition) is 4. The van der Waals surface area contributed by atoms with Crippen LogP contribution in [0.25, 0.3) is 0 Å². The highest BCUT2D eigenvalue weighted by Gasteiger charge is 2.36. The van der Waals surface area contributed by atoms with Gasteiger partial charge in [-0.2, -0.15) is 9.40 Å². The predicted molar refractivity (Wildman–Crippen MR) is 94.4 cm³/mol. The summed E-state index contributed by atoms with van der Waals surface area (Å²) in [4.78, 5) is 15.0. The molecule has 7 nitrogen and oxygen atoms in total. The average Bonchev–Trinajstić information content (AvgIpc) is 2.95. The van der Waals surface area contributed by atoms with Crippen molar-refractivity contribution in [1.29, 1.82) is 0 Å². The Balaban J connectivity index is 1.72. The van der Waals surface area contributed by atoms with Gasteiger partial charge in [0.2, 0.25) is 15.9 Å². The lowest BCUT2D eigenvalue weighted by Crippen LogP contribution is -2.48. The molecule has 140 valence electrons. The van der Waals surface area contributed by atoms with Crippen LogP contribution in [-0.4, -0.2) is 59.5 Å². The van der Waals surface area contributed by atoms with Crippen molar-refractivity contribution in [2.75, 3.05) is 26.2 Å². The zero-order valence-corrected chi connectivity index (χ0v) is 16.1. The molecule has 0 saturated carbocycles. The number of aryl methyl sites for hydroxylation is 1. The number of carbonyl (C=O) groups is 1. The second-order valence-corrected chi connectivity index (χ2v) is 9.33. The van der Waals surface area contributed by atoms with Crippen LogP contribution in [0.15, 0.2) is 11.1 Å². The highest BCUT2D eigenvalue weighted by Crippen LogP contribution is 2.27. The van der Waals surface area contributed by atoms with Crippen LogP contribution in [0.1, 0.15) is 38.3 Å². The number of amides is 1. The maximum atomic E-state index is 13.0. The van der Waals surface area contributed by atoms with Crippen LogP contribution in [0.2, 0.25) is 0 Å². The Bertz CT molecular complexity index is 735. The third-order valence-electron chi connectivity index (χ3n) is 5.64. The van der Waals surface area contributed by atoms with E-state index in [1.807, 2.05) is 4.90 Å². The number of aromatic nitrogens is 2. The standard InChI is InChI=1S/C17H28N4O3S/c1-13-6-9-20(10-7-13)17(22)15-5-4-8-21(12-15)25(23,24)16-11-18-19(3)14(16)2/h11,13,15H,4-10,12H2,1-3H3. The fourth-order valence-corrected chi connectivity index (χ4v) is 5.43. The van der Waals surface area contributed by atoms with Gasteiger partial charge in [0.1, 0.15) is 4.90 Å². The van der Waals surface area contributed by atoms with E-state index in [1.165, 1.54) is 10.5 Å². The summed E-state index contributed by atoms with van der Waals surface area (Å²) in [5.74, 6) is 0.560. The fourth-order valence-electron chi connectivity index (χ4n) is 3.72. The summed E-state index contributed by atoms with van der Waals surface area (Å²) >= 11 is 0. The molecule has 1 aromatic rings. The van der Waals surface area contributed by atoms with E-state index in [9.17, 15) is 13.2 Å². The van der Waals surface area contributed by atoms with Crippen LogP contribution in [0.4, 0.5) is 0 Å². The van der Waals surface area contributed by atoms with Crippen molar-refractivity contribution < 1.29 is 13.2 Å². The Kier molecular flexibility index (Phi) is 5.20. The molecule has 0 spiro atoms. The molecular formula is C17H28N4O3S. The lowest BCUT2D eigenvalue weighted by molar-refractivity contribution is -0.138. The molecule has 2 aliphatic rings. The van der Waals surface area contributed by atoms with Crippen LogP contribution in [0, 0.1) is 18.8 Å². The molecule has 0 N–H and O–H groups in total. The highest BCUT2D eigenvalue weighted by atomic mass is 32.2. The van der Waals surface area contributed by atoms with Gasteiger partial charge in [0.05, 0.1) is 17.8 Å². The van der Waals surface area contributed by atoms with E-state index in [2.05, 4.69) is 12.0 Å². The second kappa shape index (κ2) is 7.07. The number of likely N-dealkylation sites (tertiary alicyclic amines) is 1. The summed E-state index contributed by atoms with van der Waals surface area (Å²) in [6, 6.07) is 0. The molecular weight excluding hydrogens is 340 g/mol. The first-order valence-corrected chi connectivity index (χ1v) is 10.5. The van der Waals surface area contributed by atoms with Crippen LogP contribution in [-0.2, 0) is 21.9 Å². The molecule has 2 aliphatic heterocycles. The minimum absolute atomic E-state index is 0.120. The number of piperidine rings is 2. The van der Waals surface area contributed by atoms with Gasteiger partial charge < -0.3 is 4.90 Å². The van der Waals surface area contributed by atoms with Crippen molar-refractivity contribution in [3.05, 3.63) is 11.9 Å². The zero-order chi connectivity index (χ0) is 18.2. The third-order valence-corrected chi connectivity index (χ3v) is 7.60. The van der Waals surface area contributed by atoms with Gasteiger partial charge in [-0.05, 0) is 38.5 Å². The fraction of sp³-hybridized carbons (Fsp3) is 0.765. The molecule has 2 fully saturated rings. The van der Waals surface area contributed by atoms with E-state index in [-0.39, 0.29) is 23.3 Å². The van der Waals surface area contributed by atoms with Gasteiger partial charge in [-0.1, -0.05) is 6.92 Å². The summed E-state index contributed by atoms with van der Waals surface area (Å²) in [5, 5.41) is 4.05. The van der Waals surface area contributed by atoms with Gasteiger partial charge >= 0.3 is 0 Å². The zero-order valence-electron chi connectivity index (χ0n) is 15.3. The number of nitrogens with zero attached hydrogens (tertiary/aromatic N) is 4. The summed E-state index contributed by atoms with van der Waals surface area (Å²) in [6.45, 7) is 6.31. The van der Waals surface area contributed by atoms with E-state index in [0.717, 1.165) is 38.8 Å². The van der Waals surface area contributed by atoms with Crippen LogP contribution < -0.4 is 0 Å². The smallest absolute Gasteiger partial charge is 0.246 e. The Labute approximate surface area is 150 Å². The quantitative estimate of drug-likeness (QED) is 0.808. The molecule has 8 heteroatoms. The van der Waals surface area contributed by atoms with Crippen molar-refractivity contribution >= 4 is 15.9 Å². The van der Waals surface area contributed by atoms with E-state index in [0.29, 0.717) is 18.2 Å². The Hall–Kier alpha value is -1.41. The Morgan fingerprint density at radius 1 is 1.20 bits per heavy atom. The summed E-state index contributed by atoms with van der Waals surface area (Å²) < 4.78 is 28.9. The highest BCUT2D eigenvalue weighted by molar-refractivity contribution is 7.89. The summed E-state index contributed by atoms with van der Waals surface area (Å²) in [5.41, 5.74) is 0.624. The number of carbonyl (C=O) groups excluding carboxylic acids is 1. The van der Waals surface area contributed by atoms with Crippen molar-refractivity contribution in [2.45, 2.75) is 44.4 Å². The van der Waals surface area contributed by atoms with Gasteiger partial charge in [-0.3, -0.25) is 9.48 Å². The lowest BCUT2D eigenvalue weighted by Gasteiger charge is -2.36. The molecule has 3 heterocycles. The molecule has 0 radical (unpaired) electrons. The topological polar surface area (TPSA) is 75.5 Å². The number of sulfonamides is 1.